The summed E-state index contributed by atoms with van der Waals surface area (Å²) in [7, 11) is 0. The maximum Gasteiger partial charge on any atom is 0.227 e. The first kappa shape index (κ1) is 24.0. The molecule has 3 aromatic rings. The van der Waals surface area contributed by atoms with E-state index in [1.54, 1.807) is 29.7 Å². The van der Waals surface area contributed by atoms with Gasteiger partial charge in [-0.05, 0) is 19.1 Å². The van der Waals surface area contributed by atoms with Crippen molar-refractivity contribution in [2.75, 3.05) is 39.6 Å². The van der Waals surface area contributed by atoms with Crippen molar-refractivity contribution in [3.8, 4) is 17.6 Å². The quantitative estimate of drug-likeness (QED) is 0.446. The lowest BCUT2D eigenvalue weighted by Crippen LogP contribution is -2.16. The number of benzene rings is 1. The highest BCUT2D eigenvalue weighted by Gasteiger charge is 2.20. The zero-order chi connectivity index (χ0) is 23.1. The van der Waals surface area contributed by atoms with E-state index >= 15 is 0 Å². The van der Waals surface area contributed by atoms with Crippen molar-refractivity contribution < 1.29 is 19.3 Å². The minimum atomic E-state index is -0.317. The summed E-state index contributed by atoms with van der Waals surface area (Å²) in [5.74, 6) is 0.105. The summed E-state index contributed by atoms with van der Waals surface area (Å²) in [4.78, 5) is 17.1. The first-order chi connectivity index (χ1) is 15.5. The second kappa shape index (κ2) is 11.3. The Labute approximate surface area is 194 Å². The summed E-state index contributed by atoms with van der Waals surface area (Å²) < 4.78 is 17.9. The molecule has 2 aromatic heterocycles. The molecule has 1 N–H and O–H groups in total. The number of aromatic nitrogens is 2. The number of aliphatic hydroxyl groups is 1. The van der Waals surface area contributed by atoms with E-state index in [4.69, 9.17) is 42.5 Å². The lowest BCUT2D eigenvalue weighted by molar-refractivity contribution is 0.0245. The molecule has 0 spiro atoms. The van der Waals surface area contributed by atoms with Crippen LogP contribution in [-0.2, 0) is 9.47 Å². The normalized spacial score (nSPS) is 11.0. The zero-order valence-electron chi connectivity index (χ0n) is 17.3. The van der Waals surface area contributed by atoms with Crippen LogP contribution in [0.2, 0.25) is 10.0 Å². The highest BCUT2D eigenvalue weighted by Crippen LogP contribution is 2.33. The minimum Gasteiger partial charge on any atom is -0.475 e. The fourth-order valence-corrected chi connectivity index (χ4v) is 3.71. The minimum absolute atomic E-state index is 0.0422. The molecule has 168 valence electrons. The topological polar surface area (TPSA) is 107 Å². The molecular weight excluding hydrogens is 457 g/mol. The molecule has 0 saturated carbocycles. The van der Waals surface area contributed by atoms with Crippen molar-refractivity contribution in [2.24, 2.45) is 0 Å². The van der Waals surface area contributed by atoms with Crippen LogP contribution in [0, 0.1) is 18.3 Å². The van der Waals surface area contributed by atoms with E-state index in [9.17, 15) is 10.1 Å². The number of rotatable bonds is 10. The van der Waals surface area contributed by atoms with Gasteiger partial charge in [-0.2, -0.15) is 5.26 Å². The SMILES string of the molecule is Cc1cc(=O)c2c(OCCOCCOCCO)ncc(Cl)c2n1-c1c(Cl)cccc1C#N. The van der Waals surface area contributed by atoms with Gasteiger partial charge in [-0.1, -0.05) is 29.3 Å². The highest BCUT2D eigenvalue weighted by molar-refractivity contribution is 6.35. The van der Waals surface area contributed by atoms with E-state index in [0.717, 1.165) is 0 Å². The van der Waals surface area contributed by atoms with Crippen molar-refractivity contribution in [3.63, 3.8) is 0 Å². The molecule has 32 heavy (non-hydrogen) atoms. The lowest BCUT2D eigenvalue weighted by Gasteiger charge is -2.19. The number of ether oxygens (including phenoxy) is 3. The van der Waals surface area contributed by atoms with Crippen molar-refractivity contribution in [1.82, 2.24) is 9.55 Å². The Kier molecular flexibility index (Phi) is 8.45. The van der Waals surface area contributed by atoms with Gasteiger partial charge in [-0.15, -0.1) is 0 Å². The van der Waals surface area contributed by atoms with Crippen LogP contribution in [0.15, 0.2) is 35.3 Å². The lowest BCUT2D eigenvalue weighted by atomic mass is 10.1. The number of pyridine rings is 2. The number of fused-ring (bicyclic) bond motifs is 1. The molecule has 0 aliphatic heterocycles. The number of hydrogen-bond donors (Lipinski definition) is 1. The molecule has 10 heteroatoms. The average Bonchev–Trinajstić information content (AvgIpc) is 2.77. The van der Waals surface area contributed by atoms with Crippen molar-refractivity contribution in [3.05, 3.63) is 62.0 Å². The number of halogens is 2. The van der Waals surface area contributed by atoms with E-state index in [2.05, 4.69) is 11.1 Å². The smallest absolute Gasteiger partial charge is 0.227 e. The van der Waals surface area contributed by atoms with E-state index in [0.29, 0.717) is 40.7 Å². The molecular formula is C22H21Cl2N3O5. The average molecular weight is 478 g/mol. The molecule has 8 nitrogen and oxygen atoms in total. The number of aliphatic hydroxyl groups excluding tert-OH is 1. The van der Waals surface area contributed by atoms with Crippen LogP contribution in [0.5, 0.6) is 5.88 Å². The molecule has 0 atom stereocenters. The number of para-hydroxylation sites is 1. The van der Waals surface area contributed by atoms with Gasteiger partial charge < -0.3 is 23.9 Å². The molecule has 2 heterocycles. The standard InChI is InChI=1S/C22H21Cl2N3O5/c1-14-11-18(29)19-21(27(14)20-15(12-25)3-2-4-16(20)23)17(24)13-26-22(19)32-10-9-31-8-7-30-6-5-28/h2-4,11,13,28H,5-10H2,1H3. The number of nitrogens with zero attached hydrogens (tertiary/aromatic N) is 3. The first-order valence-electron chi connectivity index (χ1n) is 9.78. The van der Waals surface area contributed by atoms with Crippen LogP contribution in [0.4, 0.5) is 0 Å². The Morgan fingerprint density at radius 2 is 1.84 bits per heavy atom. The third-order valence-electron chi connectivity index (χ3n) is 4.54. The molecule has 0 radical (unpaired) electrons. The van der Waals surface area contributed by atoms with Crippen LogP contribution >= 0.6 is 23.2 Å². The third kappa shape index (κ3) is 5.21. The van der Waals surface area contributed by atoms with Gasteiger partial charge in [0.1, 0.15) is 18.1 Å². The summed E-state index contributed by atoms with van der Waals surface area (Å²) >= 11 is 12.9. The molecule has 0 aliphatic rings. The maximum absolute atomic E-state index is 12.9. The van der Waals surface area contributed by atoms with Gasteiger partial charge in [0.15, 0.2) is 5.43 Å². The highest BCUT2D eigenvalue weighted by atomic mass is 35.5. The van der Waals surface area contributed by atoms with Crippen molar-refractivity contribution in [1.29, 1.82) is 5.26 Å². The Morgan fingerprint density at radius 1 is 1.12 bits per heavy atom. The van der Waals surface area contributed by atoms with Gasteiger partial charge in [0.05, 0.1) is 66.0 Å². The largest absolute Gasteiger partial charge is 0.475 e. The molecule has 1 aromatic carbocycles. The van der Waals surface area contributed by atoms with Gasteiger partial charge in [-0.3, -0.25) is 4.79 Å². The summed E-state index contributed by atoms with van der Waals surface area (Å²) in [6, 6.07) is 8.53. The fraction of sp³-hybridized carbons (Fsp3) is 0.318. The van der Waals surface area contributed by atoms with Crippen LogP contribution in [-0.4, -0.2) is 54.3 Å². The summed E-state index contributed by atoms with van der Waals surface area (Å²) in [6.45, 7) is 3.03. The number of nitriles is 1. The van der Waals surface area contributed by atoms with Gasteiger partial charge in [0, 0.05) is 11.8 Å². The Balaban J connectivity index is 1.96. The maximum atomic E-state index is 12.9. The Bertz CT molecular complexity index is 1210. The van der Waals surface area contributed by atoms with Crippen LogP contribution < -0.4 is 10.2 Å². The molecule has 0 bridgehead atoms. The van der Waals surface area contributed by atoms with Crippen LogP contribution in [0.3, 0.4) is 0 Å². The summed E-state index contributed by atoms with van der Waals surface area (Å²) in [5, 5.41) is 19.0. The third-order valence-corrected chi connectivity index (χ3v) is 5.12. The van der Waals surface area contributed by atoms with Gasteiger partial charge >= 0.3 is 0 Å². The monoisotopic (exact) mass is 477 g/mol. The predicted molar refractivity (Wildman–Crippen MR) is 121 cm³/mol. The predicted octanol–water partition coefficient (Wildman–Crippen LogP) is 3.28. The van der Waals surface area contributed by atoms with E-state index < -0.39 is 0 Å². The van der Waals surface area contributed by atoms with Crippen LogP contribution in [0.25, 0.3) is 16.6 Å². The van der Waals surface area contributed by atoms with Crippen LogP contribution in [0.1, 0.15) is 11.3 Å². The Hall–Kier alpha value is -2.67. The molecule has 0 aliphatic carbocycles. The Morgan fingerprint density at radius 3 is 2.56 bits per heavy atom. The van der Waals surface area contributed by atoms with Gasteiger partial charge in [0.25, 0.3) is 0 Å². The number of aryl methyl sites for hydroxylation is 1. The van der Waals surface area contributed by atoms with Gasteiger partial charge in [-0.25, -0.2) is 4.98 Å². The zero-order valence-corrected chi connectivity index (χ0v) is 18.8. The molecule has 0 fully saturated rings. The molecule has 0 unspecified atom stereocenters. The second-order valence-electron chi connectivity index (χ2n) is 6.66. The molecule has 3 rings (SSSR count). The van der Waals surface area contributed by atoms with E-state index in [1.165, 1.54) is 12.3 Å². The van der Waals surface area contributed by atoms with Gasteiger partial charge in [0.2, 0.25) is 5.88 Å². The second-order valence-corrected chi connectivity index (χ2v) is 7.48. The molecule has 0 saturated heterocycles. The molecule has 0 amide bonds. The first-order valence-corrected chi connectivity index (χ1v) is 10.5. The van der Waals surface area contributed by atoms with Crippen molar-refractivity contribution in [2.45, 2.75) is 6.92 Å². The van der Waals surface area contributed by atoms with E-state index in [-0.39, 0.29) is 48.1 Å². The van der Waals surface area contributed by atoms with Crippen molar-refractivity contribution >= 4 is 34.1 Å². The van der Waals surface area contributed by atoms with E-state index in [1.807, 2.05) is 0 Å². The fourth-order valence-electron chi connectivity index (χ4n) is 3.22. The number of hydrogen-bond acceptors (Lipinski definition) is 7. The summed E-state index contributed by atoms with van der Waals surface area (Å²) in [5.41, 5.74) is 1.34. The summed E-state index contributed by atoms with van der Waals surface area (Å²) in [6.07, 6.45) is 1.39.